The number of piperidine rings is 1. The number of rotatable bonds is 6. The Hall–Kier alpha value is -2.21. The molecule has 6 nitrogen and oxygen atoms in total. The first-order valence-electron chi connectivity index (χ1n) is 10.0. The van der Waals surface area contributed by atoms with Gasteiger partial charge in [0.15, 0.2) is 5.69 Å². The van der Waals surface area contributed by atoms with Gasteiger partial charge >= 0.3 is 0 Å². The van der Waals surface area contributed by atoms with Crippen molar-refractivity contribution in [1.82, 2.24) is 20.0 Å². The summed E-state index contributed by atoms with van der Waals surface area (Å²) < 4.78 is 1.44. The topological polar surface area (TPSA) is 67.2 Å². The number of hydrogen-bond donors (Lipinski definition) is 1. The summed E-state index contributed by atoms with van der Waals surface area (Å²) in [7, 11) is 0. The van der Waals surface area contributed by atoms with E-state index in [0.29, 0.717) is 23.0 Å². The highest BCUT2D eigenvalue weighted by molar-refractivity contribution is 6.04. The maximum absolute atomic E-state index is 13.0. The fraction of sp³-hybridized carbons (Fsp3) is 0.571. The van der Waals surface area contributed by atoms with Crippen molar-refractivity contribution in [1.29, 1.82) is 0 Å². The van der Waals surface area contributed by atoms with Crippen LogP contribution in [0.5, 0.6) is 0 Å². The van der Waals surface area contributed by atoms with Crippen LogP contribution < -0.4 is 10.9 Å². The van der Waals surface area contributed by atoms with Crippen molar-refractivity contribution in [2.24, 2.45) is 5.92 Å². The van der Waals surface area contributed by atoms with Gasteiger partial charge in [0.1, 0.15) is 0 Å². The molecule has 0 spiro atoms. The Labute approximate surface area is 160 Å². The van der Waals surface area contributed by atoms with Gasteiger partial charge in [-0.2, -0.15) is 5.10 Å². The number of fused-ring (bicyclic) bond motifs is 1. The molecule has 1 aliphatic rings. The summed E-state index contributed by atoms with van der Waals surface area (Å²) in [6.07, 6.45) is 3.06. The Morgan fingerprint density at radius 1 is 1.22 bits per heavy atom. The summed E-state index contributed by atoms with van der Waals surface area (Å²) in [5.74, 6) is 0.0906. The molecule has 6 heteroatoms. The minimum absolute atomic E-state index is 0.135. The summed E-state index contributed by atoms with van der Waals surface area (Å²) in [5.41, 5.74) is 0.213. The lowest BCUT2D eigenvalue weighted by molar-refractivity contribution is 0.0905. The Morgan fingerprint density at radius 2 is 1.89 bits per heavy atom. The van der Waals surface area contributed by atoms with E-state index in [1.54, 1.807) is 6.07 Å². The van der Waals surface area contributed by atoms with Crippen LogP contribution in [0.2, 0.25) is 0 Å². The largest absolute Gasteiger partial charge is 0.348 e. The third-order valence-electron chi connectivity index (χ3n) is 5.08. The summed E-state index contributed by atoms with van der Waals surface area (Å²) >= 11 is 0. The average molecular weight is 370 g/mol. The molecule has 27 heavy (non-hydrogen) atoms. The lowest BCUT2D eigenvalue weighted by atomic mass is 10.0. The molecule has 1 fully saturated rings. The van der Waals surface area contributed by atoms with Gasteiger partial charge in [-0.1, -0.05) is 39.0 Å². The second-order valence-corrected chi connectivity index (χ2v) is 7.86. The van der Waals surface area contributed by atoms with E-state index < -0.39 is 0 Å². The molecule has 1 amide bonds. The molecule has 1 aromatic carbocycles. The van der Waals surface area contributed by atoms with Crippen LogP contribution in [-0.2, 0) is 6.54 Å². The zero-order chi connectivity index (χ0) is 19.4. The molecule has 0 aliphatic carbocycles. The first kappa shape index (κ1) is 19.5. The predicted octanol–water partition coefficient (Wildman–Crippen LogP) is 2.66. The average Bonchev–Trinajstić information content (AvgIpc) is 2.65. The molecule has 1 N–H and O–H groups in total. The molecule has 3 rings (SSSR count). The van der Waals surface area contributed by atoms with Gasteiger partial charge in [-0.15, -0.1) is 0 Å². The number of carbonyl (C=O) groups is 1. The van der Waals surface area contributed by atoms with Crippen LogP contribution in [0.1, 0.15) is 50.5 Å². The van der Waals surface area contributed by atoms with Crippen molar-refractivity contribution >= 4 is 16.7 Å². The predicted molar refractivity (Wildman–Crippen MR) is 108 cm³/mol. The molecule has 0 radical (unpaired) electrons. The van der Waals surface area contributed by atoms with Crippen molar-refractivity contribution in [2.75, 3.05) is 19.6 Å². The molecule has 2 aromatic rings. The van der Waals surface area contributed by atoms with Gasteiger partial charge in [-0.05, 0) is 37.8 Å². The maximum Gasteiger partial charge on any atom is 0.274 e. The molecule has 1 saturated heterocycles. The van der Waals surface area contributed by atoms with E-state index in [9.17, 15) is 9.59 Å². The van der Waals surface area contributed by atoms with E-state index in [4.69, 9.17) is 0 Å². The summed E-state index contributed by atoms with van der Waals surface area (Å²) in [5, 5.41) is 8.76. The monoisotopic (exact) mass is 370 g/mol. The quantitative estimate of drug-likeness (QED) is 0.849. The summed E-state index contributed by atoms with van der Waals surface area (Å²) in [4.78, 5) is 28.1. The summed E-state index contributed by atoms with van der Waals surface area (Å²) in [6.45, 7) is 9.91. The molecule has 2 heterocycles. The van der Waals surface area contributed by atoms with Crippen molar-refractivity contribution in [3.8, 4) is 0 Å². The Morgan fingerprint density at radius 3 is 2.52 bits per heavy atom. The molecule has 0 unspecified atom stereocenters. The lowest BCUT2D eigenvalue weighted by Crippen LogP contribution is -2.45. The van der Waals surface area contributed by atoms with Crippen LogP contribution in [0.3, 0.4) is 0 Å². The molecule has 0 saturated carbocycles. The van der Waals surface area contributed by atoms with Crippen molar-refractivity contribution in [2.45, 2.75) is 52.6 Å². The highest BCUT2D eigenvalue weighted by Gasteiger charge is 2.23. The van der Waals surface area contributed by atoms with Gasteiger partial charge < -0.3 is 10.2 Å². The summed E-state index contributed by atoms with van der Waals surface area (Å²) in [6, 6.07) is 7.42. The van der Waals surface area contributed by atoms with E-state index in [-0.39, 0.29) is 23.4 Å². The van der Waals surface area contributed by atoms with Gasteiger partial charge in [0, 0.05) is 31.1 Å². The van der Waals surface area contributed by atoms with Gasteiger partial charge in [0.25, 0.3) is 11.5 Å². The van der Waals surface area contributed by atoms with Gasteiger partial charge in [-0.25, -0.2) is 4.68 Å². The Bertz CT molecular complexity index is 851. The van der Waals surface area contributed by atoms with Gasteiger partial charge in [-0.3, -0.25) is 9.59 Å². The highest BCUT2D eigenvalue weighted by atomic mass is 16.2. The van der Waals surface area contributed by atoms with Crippen molar-refractivity contribution < 1.29 is 4.79 Å². The van der Waals surface area contributed by atoms with Crippen molar-refractivity contribution in [3.05, 3.63) is 40.3 Å². The van der Waals surface area contributed by atoms with Gasteiger partial charge in [0.05, 0.1) is 5.39 Å². The zero-order valence-electron chi connectivity index (χ0n) is 16.6. The molecule has 1 aromatic heterocycles. The smallest absolute Gasteiger partial charge is 0.274 e. The normalized spacial score (nSPS) is 16.1. The van der Waals surface area contributed by atoms with E-state index in [0.717, 1.165) is 38.9 Å². The number of benzene rings is 1. The third-order valence-corrected chi connectivity index (χ3v) is 5.08. The van der Waals surface area contributed by atoms with Crippen LogP contribution in [0.15, 0.2) is 29.1 Å². The molecular weight excluding hydrogens is 340 g/mol. The van der Waals surface area contributed by atoms with E-state index in [2.05, 4.69) is 22.2 Å². The highest BCUT2D eigenvalue weighted by Crippen LogP contribution is 2.16. The lowest BCUT2D eigenvalue weighted by Gasteiger charge is -2.32. The van der Waals surface area contributed by atoms with E-state index in [1.165, 1.54) is 4.68 Å². The molecule has 0 bridgehead atoms. The number of aromatic nitrogens is 2. The Balaban J connectivity index is 1.84. The maximum atomic E-state index is 13.0. The van der Waals surface area contributed by atoms with Crippen molar-refractivity contribution in [3.63, 3.8) is 0 Å². The number of nitrogens with one attached hydrogen (secondary N) is 1. The molecule has 0 atom stereocenters. The van der Waals surface area contributed by atoms with Crippen LogP contribution in [0.25, 0.3) is 10.8 Å². The number of nitrogens with zero attached hydrogens (tertiary/aromatic N) is 3. The zero-order valence-corrected chi connectivity index (χ0v) is 16.6. The molecular formula is C21H30N4O2. The SMILES string of the molecule is CCCN1CCC(NC(=O)c2nn(CC(C)C)c(=O)c3ccccc23)CC1. The second-order valence-electron chi connectivity index (χ2n) is 7.86. The fourth-order valence-electron chi connectivity index (χ4n) is 3.74. The number of carbonyl (C=O) groups excluding carboxylic acids is 1. The van der Waals surface area contributed by atoms with Crippen LogP contribution >= 0.6 is 0 Å². The van der Waals surface area contributed by atoms with Crippen LogP contribution in [0, 0.1) is 5.92 Å². The number of amides is 1. The minimum atomic E-state index is -0.183. The first-order chi connectivity index (χ1) is 13.0. The number of hydrogen-bond acceptors (Lipinski definition) is 4. The molecule has 1 aliphatic heterocycles. The standard InChI is InChI=1S/C21H30N4O2/c1-4-11-24-12-9-16(10-13-24)22-20(26)19-17-7-5-6-8-18(17)21(27)25(23-19)14-15(2)3/h5-8,15-16H,4,9-14H2,1-3H3,(H,22,26). The number of likely N-dealkylation sites (tertiary alicyclic amines) is 1. The van der Waals surface area contributed by atoms with E-state index >= 15 is 0 Å². The van der Waals surface area contributed by atoms with E-state index in [1.807, 2.05) is 32.0 Å². The fourth-order valence-corrected chi connectivity index (χ4v) is 3.74. The third kappa shape index (κ3) is 4.56. The minimum Gasteiger partial charge on any atom is -0.348 e. The Kier molecular flexibility index (Phi) is 6.26. The second kappa shape index (κ2) is 8.65. The first-order valence-corrected chi connectivity index (χ1v) is 10.0. The molecule has 146 valence electrons. The van der Waals surface area contributed by atoms with Gasteiger partial charge in [0.2, 0.25) is 0 Å². The van der Waals surface area contributed by atoms with Crippen LogP contribution in [-0.4, -0.2) is 46.3 Å². The van der Waals surface area contributed by atoms with Crippen LogP contribution in [0.4, 0.5) is 0 Å².